The number of nitrogens with zero attached hydrogens (tertiary/aromatic N) is 2. The summed E-state index contributed by atoms with van der Waals surface area (Å²) in [7, 11) is 3.12. The first kappa shape index (κ1) is 27.6. The van der Waals surface area contributed by atoms with Crippen LogP contribution in [0.4, 0.5) is 8.78 Å². The standard InChI is InChI=1S/C20H34F2N4O2.HI/c1-6-26(7-2)12-8-9-15(3)25-20(23-4)24-14-16-10-11-17(27-5)18(13-16)28-19(21)22;/h10-11,13,15,19H,6-9,12,14H2,1-5H3,(H2,23,24,25);1H. The molecule has 1 aromatic carbocycles. The van der Waals surface area contributed by atoms with Gasteiger partial charge in [0.15, 0.2) is 17.5 Å². The zero-order chi connectivity index (χ0) is 20.9. The van der Waals surface area contributed by atoms with Crippen LogP contribution in [0.2, 0.25) is 0 Å². The third kappa shape index (κ3) is 10.8. The van der Waals surface area contributed by atoms with Gasteiger partial charge in [0, 0.05) is 19.6 Å². The lowest BCUT2D eigenvalue weighted by atomic mass is 10.1. The highest BCUT2D eigenvalue weighted by Crippen LogP contribution is 2.29. The van der Waals surface area contributed by atoms with Gasteiger partial charge in [-0.15, -0.1) is 24.0 Å². The highest BCUT2D eigenvalue weighted by Gasteiger charge is 2.12. The average molecular weight is 528 g/mol. The number of nitrogens with one attached hydrogen (secondary N) is 2. The fraction of sp³-hybridized carbons (Fsp3) is 0.650. The van der Waals surface area contributed by atoms with Crippen LogP contribution in [-0.4, -0.2) is 57.3 Å². The summed E-state index contributed by atoms with van der Waals surface area (Å²) in [5, 5.41) is 6.56. The largest absolute Gasteiger partial charge is 0.493 e. The molecular weight excluding hydrogens is 493 g/mol. The maximum absolute atomic E-state index is 12.6. The van der Waals surface area contributed by atoms with E-state index in [4.69, 9.17) is 4.74 Å². The van der Waals surface area contributed by atoms with E-state index in [2.05, 4.69) is 46.0 Å². The predicted molar refractivity (Wildman–Crippen MR) is 125 cm³/mol. The molecule has 168 valence electrons. The first-order valence-electron chi connectivity index (χ1n) is 9.74. The van der Waals surface area contributed by atoms with Gasteiger partial charge in [-0.2, -0.15) is 8.78 Å². The molecule has 0 saturated carbocycles. The van der Waals surface area contributed by atoms with E-state index >= 15 is 0 Å². The molecule has 29 heavy (non-hydrogen) atoms. The lowest BCUT2D eigenvalue weighted by Crippen LogP contribution is -2.42. The number of methoxy groups -OCH3 is 1. The summed E-state index contributed by atoms with van der Waals surface area (Å²) in [6.45, 7) is 7.23. The van der Waals surface area contributed by atoms with Gasteiger partial charge in [0.25, 0.3) is 0 Å². The molecule has 1 atom stereocenters. The van der Waals surface area contributed by atoms with Gasteiger partial charge in [0.2, 0.25) is 0 Å². The Morgan fingerprint density at radius 1 is 1.21 bits per heavy atom. The minimum atomic E-state index is -2.90. The first-order valence-corrected chi connectivity index (χ1v) is 9.74. The van der Waals surface area contributed by atoms with Crippen molar-refractivity contribution in [2.24, 2.45) is 4.99 Å². The fourth-order valence-corrected chi connectivity index (χ4v) is 2.87. The molecule has 0 amide bonds. The molecule has 0 aliphatic heterocycles. The zero-order valence-electron chi connectivity index (χ0n) is 18.0. The monoisotopic (exact) mass is 528 g/mol. The Hall–Kier alpha value is -1.36. The van der Waals surface area contributed by atoms with Crippen LogP contribution in [-0.2, 0) is 6.54 Å². The van der Waals surface area contributed by atoms with Crippen molar-refractivity contribution < 1.29 is 18.3 Å². The molecule has 1 unspecified atom stereocenters. The van der Waals surface area contributed by atoms with Gasteiger partial charge in [-0.25, -0.2) is 0 Å². The normalized spacial score (nSPS) is 12.5. The van der Waals surface area contributed by atoms with E-state index in [9.17, 15) is 8.78 Å². The Kier molecular flexibility index (Phi) is 14.8. The van der Waals surface area contributed by atoms with Crippen molar-refractivity contribution >= 4 is 29.9 Å². The molecule has 0 saturated heterocycles. The Bertz CT molecular complexity index is 602. The molecule has 0 fully saturated rings. The second-order valence-electron chi connectivity index (χ2n) is 6.50. The van der Waals surface area contributed by atoms with Crippen molar-refractivity contribution in [3.05, 3.63) is 23.8 Å². The number of halogens is 3. The summed E-state index contributed by atoms with van der Waals surface area (Å²) in [5.41, 5.74) is 0.786. The summed E-state index contributed by atoms with van der Waals surface area (Å²) < 4.78 is 34.7. The van der Waals surface area contributed by atoms with Crippen LogP contribution in [0.3, 0.4) is 0 Å². The highest BCUT2D eigenvalue weighted by molar-refractivity contribution is 14.0. The van der Waals surface area contributed by atoms with Gasteiger partial charge < -0.3 is 25.0 Å². The molecule has 9 heteroatoms. The van der Waals surface area contributed by atoms with Crippen LogP contribution >= 0.6 is 24.0 Å². The first-order chi connectivity index (χ1) is 13.4. The number of guanidine groups is 1. The fourth-order valence-electron chi connectivity index (χ4n) is 2.87. The minimum Gasteiger partial charge on any atom is -0.493 e. The lowest BCUT2D eigenvalue weighted by Gasteiger charge is -2.21. The van der Waals surface area contributed by atoms with Gasteiger partial charge >= 0.3 is 6.61 Å². The number of hydrogen-bond donors (Lipinski definition) is 2. The topological polar surface area (TPSA) is 58.1 Å². The number of alkyl halides is 2. The smallest absolute Gasteiger partial charge is 0.387 e. The van der Waals surface area contributed by atoms with Crippen LogP contribution < -0.4 is 20.1 Å². The van der Waals surface area contributed by atoms with E-state index in [0.29, 0.717) is 12.5 Å². The number of ether oxygens (including phenoxy) is 2. The van der Waals surface area contributed by atoms with E-state index in [-0.39, 0.29) is 41.5 Å². The molecular formula is C20H35F2IN4O2. The van der Waals surface area contributed by atoms with Gasteiger partial charge in [0.05, 0.1) is 7.11 Å². The van der Waals surface area contributed by atoms with Crippen molar-refractivity contribution in [2.75, 3.05) is 33.8 Å². The van der Waals surface area contributed by atoms with Gasteiger partial charge in [0.1, 0.15) is 0 Å². The summed E-state index contributed by atoms with van der Waals surface area (Å²) in [4.78, 5) is 6.64. The predicted octanol–water partition coefficient (Wildman–Crippen LogP) is 4.09. The van der Waals surface area contributed by atoms with Crippen LogP contribution in [0, 0.1) is 0 Å². The number of aliphatic imine (C=N–C) groups is 1. The van der Waals surface area contributed by atoms with Crippen LogP contribution in [0.15, 0.2) is 23.2 Å². The second kappa shape index (κ2) is 15.5. The van der Waals surface area contributed by atoms with E-state index in [1.807, 2.05) is 0 Å². The number of benzene rings is 1. The quantitative estimate of drug-likeness (QED) is 0.243. The minimum absolute atomic E-state index is 0. The molecule has 0 aliphatic rings. The maximum atomic E-state index is 12.6. The Morgan fingerprint density at radius 3 is 2.45 bits per heavy atom. The molecule has 0 bridgehead atoms. The molecule has 2 N–H and O–H groups in total. The van der Waals surface area contributed by atoms with Crippen molar-refractivity contribution in [3.8, 4) is 11.5 Å². The van der Waals surface area contributed by atoms with E-state index in [0.717, 1.165) is 38.0 Å². The molecule has 0 spiro atoms. The summed E-state index contributed by atoms with van der Waals surface area (Å²) in [6.07, 6.45) is 2.14. The molecule has 1 rings (SSSR count). The van der Waals surface area contributed by atoms with Crippen molar-refractivity contribution in [1.82, 2.24) is 15.5 Å². The summed E-state index contributed by atoms with van der Waals surface area (Å²) >= 11 is 0. The Balaban J connectivity index is 0.00000784. The molecule has 1 aromatic rings. The third-order valence-electron chi connectivity index (χ3n) is 4.52. The Morgan fingerprint density at radius 2 is 1.90 bits per heavy atom. The Labute approximate surface area is 190 Å². The molecule has 0 heterocycles. The SMILES string of the molecule is CCN(CC)CCCC(C)NC(=NC)NCc1ccc(OC)c(OC(F)F)c1.I. The second-order valence-corrected chi connectivity index (χ2v) is 6.50. The van der Waals surface area contributed by atoms with Crippen molar-refractivity contribution in [2.45, 2.75) is 52.8 Å². The van der Waals surface area contributed by atoms with E-state index in [1.165, 1.54) is 7.11 Å². The molecule has 0 radical (unpaired) electrons. The highest BCUT2D eigenvalue weighted by atomic mass is 127. The third-order valence-corrected chi connectivity index (χ3v) is 4.52. The lowest BCUT2D eigenvalue weighted by molar-refractivity contribution is -0.0512. The van der Waals surface area contributed by atoms with E-state index < -0.39 is 6.61 Å². The average Bonchev–Trinajstić information content (AvgIpc) is 2.68. The van der Waals surface area contributed by atoms with Crippen LogP contribution in [0.25, 0.3) is 0 Å². The van der Waals surface area contributed by atoms with Crippen molar-refractivity contribution in [3.63, 3.8) is 0 Å². The van der Waals surface area contributed by atoms with Crippen LogP contribution in [0.1, 0.15) is 39.2 Å². The van der Waals surface area contributed by atoms with Gasteiger partial charge in [-0.3, -0.25) is 4.99 Å². The molecule has 6 nitrogen and oxygen atoms in total. The summed E-state index contributed by atoms with van der Waals surface area (Å²) in [5.74, 6) is 0.959. The van der Waals surface area contributed by atoms with E-state index in [1.54, 1.807) is 25.2 Å². The number of hydrogen-bond acceptors (Lipinski definition) is 4. The van der Waals surface area contributed by atoms with Crippen LogP contribution in [0.5, 0.6) is 11.5 Å². The van der Waals surface area contributed by atoms with Gasteiger partial charge in [-0.05, 0) is 57.1 Å². The van der Waals surface area contributed by atoms with Gasteiger partial charge in [-0.1, -0.05) is 19.9 Å². The summed E-state index contributed by atoms with van der Waals surface area (Å²) in [6, 6.07) is 5.22. The zero-order valence-corrected chi connectivity index (χ0v) is 20.3. The molecule has 0 aromatic heterocycles. The molecule has 0 aliphatic carbocycles. The number of rotatable bonds is 12. The van der Waals surface area contributed by atoms with Crippen molar-refractivity contribution in [1.29, 1.82) is 0 Å². The maximum Gasteiger partial charge on any atom is 0.387 e.